The second-order valence-electron chi connectivity index (χ2n) is 4.68. The number of hydrogen-bond acceptors (Lipinski definition) is 5. The number of carboxylic acids is 1. The van der Waals surface area contributed by atoms with Crippen molar-refractivity contribution < 1.29 is 14.7 Å². The number of carbonyl (C=O) groups is 2. The number of nitrogens with one attached hydrogen (secondary N) is 5. The second-order valence-corrected chi connectivity index (χ2v) is 4.68. The Labute approximate surface area is 137 Å². The molecule has 3 rings (SSSR count). The van der Waals surface area contributed by atoms with Crippen molar-refractivity contribution in [3.05, 3.63) is 67.2 Å². The predicted octanol–water partition coefficient (Wildman–Crippen LogP) is -1.27. The van der Waals surface area contributed by atoms with Crippen LogP contribution in [0, 0.1) is 0 Å². The topological polar surface area (TPSA) is 181 Å². The van der Waals surface area contributed by atoms with Crippen LogP contribution in [0.1, 0.15) is 10.4 Å². The maximum absolute atomic E-state index is 11.2. The average molecular weight is 347 g/mol. The minimum Gasteiger partial charge on any atom is -0.480 e. The molecule has 0 spiro atoms. The van der Waals surface area contributed by atoms with E-state index in [-0.39, 0.29) is 23.6 Å². The van der Waals surface area contributed by atoms with Crippen LogP contribution in [0.25, 0.3) is 11.2 Å². The third-order valence-corrected chi connectivity index (χ3v) is 2.86. The van der Waals surface area contributed by atoms with Crippen LogP contribution in [-0.2, 0) is 4.79 Å². The minimum atomic E-state index is -1.05. The van der Waals surface area contributed by atoms with Crippen molar-refractivity contribution in [3.8, 4) is 0 Å². The quantitative estimate of drug-likeness (QED) is 0.343. The van der Waals surface area contributed by atoms with E-state index in [1.54, 1.807) is 30.3 Å². The monoisotopic (exact) mass is 347 g/mol. The highest BCUT2D eigenvalue weighted by Crippen LogP contribution is 1.96. The van der Waals surface area contributed by atoms with Gasteiger partial charge in [-0.05, 0) is 12.1 Å². The van der Waals surface area contributed by atoms with Crippen LogP contribution in [0.15, 0.2) is 44.7 Å². The molecular weight excluding hydrogens is 334 g/mol. The van der Waals surface area contributed by atoms with Gasteiger partial charge in [0.1, 0.15) is 17.7 Å². The number of hydrogen-bond donors (Lipinski definition) is 6. The van der Waals surface area contributed by atoms with E-state index in [9.17, 15) is 24.0 Å². The summed E-state index contributed by atoms with van der Waals surface area (Å²) in [5.74, 6) is -1.42. The van der Waals surface area contributed by atoms with Crippen molar-refractivity contribution in [2.75, 3.05) is 6.54 Å². The fourth-order valence-corrected chi connectivity index (χ4v) is 1.81. The fourth-order valence-electron chi connectivity index (χ4n) is 1.81. The molecule has 1 amide bonds. The number of carbonyl (C=O) groups excluding carboxylic acids is 1. The molecule has 0 aliphatic carbocycles. The maximum Gasteiger partial charge on any atom is 0.327 e. The Kier molecular flexibility index (Phi) is 5.30. The van der Waals surface area contributed by atoms with Gasteiger partial charge >= 0.3 is 17.3 Å². The summed E-state index contributed by atoms with van der Waals surface area (Å²) in [5.41, 5.74) is -1.19. The molecular formula is C14H13N5O6. The molecule has 1 aromatic carbocycles. The SMILES string of the molecule is O=C(O)CNC(=O)c1ccccc1.O=c1[nH]c(=O)c2[nH]c(=O)[nH]c2[nH]1. The van der Waals surface area contributed by atoms with Gasteiger partial charge in [-0.2, -0.15) is 0 Å². The van der Waals surface area contributed by atoms with Gasteiger partial charge in [0.05, 0.1) is 0 Å². The maximum atomic E-state index is 11.2. The molecule has 2 aromatic heterocycles. The average Bonchev–Trinajstić information content (AvgIpc) is 2.94. The molecule has 11 nitrogen and oxygen atoms in total. The summed E-state index contributed by atoms with van der Waals surface area (Å²) < 4.78 is 0. The minimum absolute atomic E-state index is 0.0413. The van der Waals surface area contributed by atoms with Crippen LogP contribution in [0.5, 0.6) is 0 Å². The summed E-state index contributed by atoms with van der Waals surface area (Å²) in [7, 11) is 0. The Morgan fingerprint density at radius 1 is 0.920 bits per heavy atom. The van der Waals surface area contributed by atoms with Gasteiger partial charge in [-0.1, -0.05) is 18.2 Å². The van der Waals surface area contributed by atoms with Crippen molar-refractivity contribution in [2.24, 2.45) is 0 Å². The van der Waals surface area contributed by atoms with Crippen molar-refractivity contribution in [1.29, 1.82) is 0 Å². The first kappa shape index (κ1) is 17.5. The molecule has 2 heterocycles. The molecule has 25 heavy (non-hydrogen) atoms. The molecule has 6 N–H and O–H groups in total. The zero-order chi connectivity index (χ0) is 18.4. The van der Waals surface area contributed by atoms with E-state index in [1.165, 1.54) is 0 Å². The number of benzene rings is 1. The number of aliphatic carboxylic acids is 1. The molecule has 0 aliphatic heterocycles. The molecule has 0 atom stereocenters. The van der Waals surface area contributed by atoms with E-state index < -0.39 is 22.9 Å². The number of H-pyrrole nitrogens is 4. The zero-order valence-electron chi connectivity index (χ0n) is 12.6. The normalized spacial score (nSPS) is 9.92. The molecule has 11 heteroatoms. The number of aromatic amines is 4. The van der Waals surface area contributed by atoms with E-state index in [2.05, 4.69) is 20.3 Å². The summed E-state index contributed by atoms with van der Waals surface area (Å²) in [4.78, 5) is 62.3. The van der Waals surface area contributed by atoms with Crippen molar-refractivity contribution >= 4 is 23.0 Å². The Morgan fingerprint density at radius 2 is 1.52 bits per heavy atom. The zero-order valence-corrected chi connectivity index (χ0v) is 12.6. The van der Waals surface area contributed by atoms with E-state index in [0.29, 0.717) is 5.56 Å². The highest BCUT2D eigenvalue weighted by Gasteiger charge is 2.05. The lowest BCUT2D eigenvalue weighted by molar-refractivity contribution is -0.135. The van der Waals surface area contributed by atoms with E-state index in [4.69, 9.17) is 5.11 Å². The third-order valence-electron chi connectivity index (χ3n) is 2.86. The van der Waals surface area contributed by atoms with Gasteiger partial charge in [-0.3, -0.25) is 34.3 Å². The lowest BCUT2D eigenvalue weighted by atomic mass is 10.2. The molecule has 0 bridgehead atoms. The van der Waals surface area contributed by atoms with Gasteiger partial charge in [0.2, 0.25) is 0 Å². The summed E-state index contributed by atoms with van der Waals surface area (Å²) in [5, 5.41) is 10.6. The van der Waals surface area contributed by atoms with Crippen LogP contribution < -0.4 is 22.3 Å². The van der Waals surface area contributed by atoms with Crippen LogP contribution in [-0.4, -0.2) is 43.5 Å². The van der Waals surface area contributed by atoms with Crippen LogP contribution in [0.4, 0.5) is 0 Å². The van der Waals surface area contributed by atoms with E-state index >= 15 is 0 Å². The third kappa shape index (κ3) is 4.79. The van der Waals surface area contributed by atoms with E-state index in [1.807, 2.05) is 4.98 Å². The number of amides is 1. The van der Waals surface area contributed by atoms with Crippen LogP contribution in [0.2, 0.25) is 0 Å². The number of rotatable bonds is 3. The number of carboxylic acid groups (broad SMARTS) is 1. The molecule has 0 saturated carbocycles. The van der Waals surface area contributed by atoms with Gasteiger partial charge in [0, 0.05) is 5.56 Å². The smallest absolute Gasteiger partial charge is 0.327 e. The van der Waals surface area contributed by atoms with Crippen molar-refractivity contribution in [3.63, 3.8) is 0 Å². The lowest BCUT2D eigenvalue weighted by Gasteiger charge is -2.00. The molecule has 0 unspecified atom stereocenters. The van der Waals surface area contributed by atoms with Gasteiger partial charge in [-0.25, -0.2) is 9.59 Å². The Balaban J connectivity index is 0.000000181. The standard InChI is InChI=1S/C9H9NO3.C5H4N4O3/c11-8(12)6-10-9(13)7-4-2-1-3-5-7;10-3-1-2(7-4(11)6-1)8-5(12)9-3/h1-5H,6H2,(H,10,13)(H,11,12);(H4,6,7,8,9,10,11,12). The Morgan fingerprint density at radius 3 is 2.12 bits per heavy atom. The first-order valence-electron chi connectivity index (χ1n) is 6.86. The molecule has 0 radical (unpaired) electrons. The van der Waals surface area contributed by atoms with Crippen molar-refractivity contribution in [1.82, 2.24) is 25.3 Å². The van der Waals surface area contributed by atoms with Gasteiger partial charge in [0.25, 0.3) is 11.5 Å². The summed E-state index contributed by atoms with van der Waals surface area (Å²) in [6.45, 7) is -0.353. The highest BCUT2D eigenvalue weighted by atomic mass is 16.4. The highest BCUT2D eigenvalue weighted by molar-refractivity contribution is 5.95. The molecule has 130 valence electrons. The number of imidazole rings is 1. The number of aromatic nitrogens is 4. The van der Waals surface area contributed by atoms with Crippen LogP contribution in [0.3, 0.4) is 0 Å². The second kappa shape index (κ2) is 7.59. The Hall–Kier alpha value is -3.89. The first-order valence-corrected chi connectivity index (χ1v) is 6.86. The molecule has 3 aromatic rings. The Bertz CT molecular complexity index is 1060. The molecule has 0 fully saturated rings. The predicted molar refractivity (Wildman–Crippen MR) is 86.6 cm³/mol. The fraction of sp³-hybridized carbons (Fsp3) is 0.0714. The molecule has 0 saturated heterocycles. The van der Waals surface area contributed by atoms with Crippen molar-refractivity contribution in [2.45, 2.75) is 0 Å². The van der Waals surface area contributed by atoms with Gasteiger partial charge < -0.3 is 10.4 Å². The lowest BCUT2D eigenvalue weighted by Crippen LogP contribution is -2.29. The first-order chi connectivity index (χ1) is 11.9. The van der Waals surface area contributed by atoms with Crippen LogP contribution >= 0.6 is 0 Å². The largest absolute Gasteiger partial charge is 0.480 e. The number of fused-ring (bicyclic) bond motifs is 1. The summed E-state index contributed by atoms with van der Waals surface area (Å²) >= 11 is 0. The summed E-state index contributed by atoms with van der Waals surface area (Å²) in [6.07, 6.45) is 0. The van der Waals surface area contributed by atoms with Gasteiger partial charge in [0.15, 0.2) is 0 Å². The summed E-state index contributed by atoms with van der Waals surface area (Å²) in [6, 6.07) is 8.47. The molecule has 0 aliphatic rings. The van der Waals surface area contributed by atoms with E-state index in [0.717, 1.165) is 0 Å². The van der Waals surface area contributed by atoms with Gasteiger partial charge in [-0.15, -0.1) is 0 Å².